The van der Waals surface area contributed by atoms with Crippen molar-refractivity contribution < 1.29 is 13.9 Å². The summed E-state index contributed by atoms with van der Waals surface area (Å²) in [6.45, 7) is 3.59. The highest BCUT2D eigenvalue weighted by Gasteiger charge is 2.20. The zero-order chi connectivity index (χ0) is 18.1. The highest BCUT2D eigenvalue weighted by atomic mass is 35.5. The van der Waals surface area contributed by atoms with Gasteiger partial charge in [-0.1, -0.05) is 29.3 Å². The Bertz CT molecular complexity index is 1040. The van der Waals surface area contributed by atoms with Crippen LogP contribution in [0.3, 0.4) is 0 Å². The number of hydrogen-bond donors (Lipinski definition) is 0. The number of carbonyl (C=O) groups is 1. The molecule has 0 aliphatic carbocycles. The van der Waals surface area contributed by atoms with E-state index in [9.17, 15) is 9.59 Å². The highest BCUT2D eigenvalue weighted by molar-refractivity contribution is 6.36. The van der Waals surface area contributed by atoms with Crippen LogP contribution in [0.2, 0.25) is 10.0 Å². The smallest absolute Gasteiger partial charge is 0.341 e. The van der Waals surface area contributed by atoms with Crippen molar-refractivity contribution in [3.05, 3.63) is 67.8 Å². The van der Waals surface area contributed by atoms with E-state index in [4.69, 9.17) is 32.4 Å². The molecule has 2 aromatic carbocycles. The summed E-state index contributed by atoms with van der Waals surface area (Å²) in [7, 11) is 0. The van der Waals surface area contributed by atoms with Crippen LogP contribution in [-0.4, -0.2) is 12.6 Å². The highest BCUT2D eigenvalue weighted by Crippen LogP contribution is 2.33. The first kappa shape index (κ1) is 17.5. The summed E-state index contributed by atoms with van der Waals surface area (Å²) in [5.74, 6) is -0.246. The first-order chi connectivity index (χ1) is 11.9. The Kier molecular flexibility index (Phi) is 4.84. The van der Waals surface area contributed by atoms with Crippen molar-refractivity contribution >= 4 is 40.1 Å². The van der Waals surface area contributed by atoms with Gasteiger partial charge in [-0.25, -0.2) is 4.79 Å². The lowest BCUT2D eigenvalue weighted by Crippen LogP contribution is -2.11. The molecule has 0 saturated carbocycles. The van der Waals surface area contributed by atoms with E-state index in [0.717, 1.165) is 0 Å². The summed E-state index contributed by atoms with van der Waals surface area (Å²) in [5, 5.41) is 1.14. The van der Waals surface area contributed by atoms with Gasteiger partial charge in [-0.15, -0.1) is 0 Å². The zero-order valence-corrected chi connectivity index (χ0v) is 15.1. The van der Waals surface area contributed by atoms with Crippen LogP contribution in [0.4, 0.5) is 0 Å². The molecule has 0 amide bonds. The molecule has 0 fully saturated rings. The molecule has 0 bridgehead atoms. The maximum absolute atomic E-state index is 12.8. The first-order valence-corrected chi connectivity index (χ1v) is 8.38. The molecular formula is C19H14Cl2O4. The molecule has 25 heavy (non-hydrogen) atoms. The van der Waals surface area contributed by atoms with Crippen LogP contribution in [0, 0.1) is 6.92 Å². The fourth-order valence-electron chi connectivity index (χ4n) is 2.61. The van der Waals surface area contributed by atoms with E-state index in [2.05, 4.69) is 0 Å². The molecule has 6 heteroatoms. The van der Waals surface area contributed by atoms with Gasteiger partial charge in [0.2, 0.25) is 0 Å². The molecule has 3 rings (SSSR count). The Morgan fingerprint density at radius 1 is 1.20 bits per heavy atom. The number of hydrogen-bond acceptors (Lipinski definition) is 4. The van der Waals surface area contributed by atoms with Gasteiger partial charge in [0.05, 0.1) is 17.0 Å². The van der Waals surface area contributed by atoms with Crippen molar-refractivity contribution in [2.24, 2.45) is 0 Å². The molecule has 0 unspecified atom stereocenters. The molecule has 0 radical (unpaired) electrons. The number of carbonyl (C=O) groups excluding carboxylic acids is 1. The van der Waals surface area contributed by atoms with E-state index in [-0.39, 0.29) is 23.2 Å². The summed E-state index contributed by atoms with van der Waals surface area (Å²) in [5.41, 5.74) is 1.08. The fraction of sp³-hybridized carbons (Fsp3) is 0.158. The molecule has 0 saturated heterocycles. The van der Waals surface area contributed by atoms with Crippen molar-refractivity contribution in [2.45, 2.75) is 13.8 Å². The Hall–Kier alpha value is -2.30. The third kappa shape index (κ3) is 3.15. The molecule has 1 aromatic heterocycles. The van der Waals surface area contributed by atoms with Crippen LogP contribution in [-0.2, 0) is 4.74 Å². The Labute approximate surface area is 153 Å². The molecule has 4 nitrogen and oxygen atoms in total. The van der Waals surface area contributed by atoms with E-state index in [0.29, 0.717) is 32.3 Å². The van der Waals surface area contributed by atoms with Crippen LogP contribution < -0.4 is 5.43 Å². The fourth-order valence-corrected chi connectivity index (χ4v) is 3.10. The number of esters is 1. The minimum Gasteiger partial charge on any atom is -0.462 e. The molecule has 0 aliphatic heterocycles. The van der Waals surface area contributed by atoms with Crippen LogP contribution >= 0.6 is 23.2 Å². The molecular weight excluding hydrogens is 363 g/mol. The van der Waals surface area contributed by atoms with Gasteiger partial charge in [0, 0.05) is 16.1 Å². The van der Waals surface area contributed by atoms with Gasteiger partial charge in [0.25, 0.3) is 0 Å². The second-order valence-electron chi connectivity index (χ2n) is 5.41. The minimum atomic E-state index is -0.548. The normalized spacial score (nSPS) is 10.9. The van der Waals surface area contributed by atoms with Crippen molar-refractivity contribution in [3.8, 4) is 11.3 Å². The average Bonchev–Trinajstić information content (AvgIpc) is 2.58. The predicted octanol–water partition coefficient (Wildman–Crippen LogP) is 5.25. The molecule has 128 valence electrons. The summed E-state index contributed by atoms with van der Waals surface area (Å²) < 4.78 is 11.0. The van der Waals surface area contributed by atoms with E-state index in [1.54, 1.807) is 50.2 Å². The Morgan fingerprint density at radius 3 is 2.64 bits per heavy atom. The third-order valence-electron chi connectivity index (χ3n) is 3.82. The van der Waals surface area contributed by atoms with Gasteiger partial charge < -0.3 is 9.15 Å². The zero-order valence-electron chi connectivity index (χ0n) is 13.6. The second kappa shape index (κ2) is 6.90. The monoisotopic (exact) mass is 376 g/mol. The van der Waals surface area contributed by atoms with Gasteiger partial charge >= 0.3 is 5.97 Å². The maximum Gasteiger partial charge on any atom is 0.341 e. The summed E-state index contributed by atoms with van der Waals surface area (Å²) in [6, 6.07) is 9.70. The van der Waals surface area contributed by atoms with Crippen molar-refractivity contribution in [2.75, 3.05) is 6.61 Å². The Balaban J connectivity index is 2.34. The molecule has 1 heterocycles. The lowest BCUT2D eigenvalue weighted by molar-refractivity contribution is 0.0527. The topological polar surface area (TPSA) is 56.5 Å². The number of rotatable bonds is 3. The molecule has 0 N–H and O–H groups in total. The van der Waals surface area contributed by atoms with Crippen LogP contribution in [0.5, 0.6) is 0 Å². The minimum absolute atomic E-state index is 0.178. The quantitative estimate of drug-likeness (QED) is 0.585. The SMILES string of the molecule is CCOC(=O)c1cccc2c(=O)c(C)c(-c3ccc(Cl)cc3Cl)oc12. The summed E-state index contributed by atoms with van der Waals surface area (Å²) in [4.78, 5) is 24.9. The van der Waals surface area contributed by atoms with E-state index in [1.807, 2.05) is 0 Å². The molecule has 0 atom stereocenters. The van der Waals surface area contributed by atoms with Gasteiger partial charge in [-0.2, -0.15) is 0 Å². The number of halogens is 2. The molecule has 3 aromatic rings. The van der Waals surface area contributed by atoms with E-state index < -0.39 is 5.97 Å². The summed E-state index contributed by atoms with van der Waals surface area (Å²) in [6.07, 6.45) is 0. The number of ether oxygens (including phenoxy) is 1. The van der Waals surface area contributed by atoms with Gasteiger partial charge in [0.15, 0.2) is 11.0 Å². The second-order valence-corrected chi connectivity index (χ2v) is 6.26. The van der Waals surface area contributed by atoms with Crippen molar-refractivity contribution in [1.29, 1.82) is 0 Å². The molecule has 0 spiro atoms. The third-order valence-corrected chi connectivity index (χ3v) is 4.36. The first-order valence-electron chi connectivity index (χ1n) is 7.63. The lowest BCUT2D eigenvalue weighted by atomic mass is 10.0. The predicted molar refractivity (Wildman–Crippen MR) is 98.6 cm³/mol. The van der Waals surface area contributed by atoms with Crippen molar-refractivity contribution in [1.82, 2.24) is 0 Å². The van der Waals surface area contributed by atoms with E-state index >= 15 is 0 Å². The molecule has 0 aliphatic rings. The number of fused-ring (bicyclic) bond motifs is 1. The van der Waals surface area contributed by atoms with Gasteiger partial charge in [-0.05, 0) is 44.2 Å². The lowest BCUT2D eigenvalue weighted by Gasteiger charge is -2.11. The standard InChI is InChI=1S/C19H14Cl2O4/c1-3-24-19(23)14-6-4-5-13-16(22)10(2)17(25-18(13)14)12-8-7-11(20)9-15(12)21/h4-9H,3H2,1-2H3. The van der Waals surface area contributed by atoms with Crippen LogP contribution in [0.1, 0.15) is 22.8 Å². The van der Waals surface area contributed by atoms with Crippen LogP contribution in [0.25, 0.3) is 22.3 Å². The van der Waals surface area contributed by atoms with Crippen LogP contribution in [0.15, 0.2) is 45.6 Å². The number of benzene rings is 2. The van der Waals surface area contributed by atoms with E-state index in [1.165, 1.54) is 0 Å². The summed E-state index contributed by atoms with van der Waals surface area (Å²) >= 11 is 12.2. The van der Waals surface area contributed by atoms with Gasteiger partial charge in [-0.3, -0.25) is 4.79 Å². The maximum atomic E-state index is 12.8. The van der Waals surface area contributed by atoms with Gasteiger partial charge in [0.1, 0.15) is 11.3 Å². The number of para-hydroxylation sites is 1. The Morgan fingerprint density at radius 2 is 1.96 bits per heavy atom. The average molecular weight is 377 g/mol. The van der Waals surface area contributed by atoms with Crippen molar-refractivity contribution in [3.63, 3.8) is 0 Å². The largest absolute Gasteiger partial charge is 0.462 e.